The van der Waals surface area contributed by atoms with Crippen LogP contribution in [-0.4, -0.2) is 49.5 Å². The van der Waals surface area contributed by atoms with Crippen molar-refractivity contribution in [2.45, 2.75) is 64.8 Å². The molecular weight excluding hydrogens is 403 g/mol. The van der Waals surface area contributed by atoms with Gasteiger partial charge in [0.1, 0.15) is 0 Å². The zero-order chi connectivity index (χ0) is 16.0. The summed E-state index contributed by atoms with van der Waals surface area (Å²) in [7, 11) is 1.82. The molecule has 0 radical (unpaired) electrons. The Morgan fingerprint density at radius 2 is 1.96 bits per heavy atom. The Balaban J connectivity index is 0.00000264. The van der Waals surface area contributed by atoms with Gasteiger partial charge in [-0.2, -0.15) is 0 Å². The number of rotatable bonds is 4. The van der Waals surface area contributed by atoms with Crippen LogP contribution < -0.4 is 10.6 Å². The lowest BCUT2D eigenvalue weighted by atomic mass is 9.93. The maximum Gasteiger partial charge on any atom is 0.221 e. The van der Waals surface area contributed by atoms with E-state index in [1.54, 1.807) is 0 Å². The molecule has 5 nitrogen and oxygen atoms in total. The number of carbonyl (C=O) groups is 1. The highest BCUT2D eigenvalue weighted by Crippen LogP contribution is 2.28. The summed E-state index contributed by atoms with van der Waals surface area (Å²) < 4.78 is 0. The minimum absolute atomic E-state index is 0. The van der Waals surface area contributed by atoms with E-state index in [1.807, 2.05) is 7.05 Å². The molecule has 0 bridgehead atoms. The summed E-state index contributed by atoms with van der Waals surface area (Å²) in [6.07, 6.45) is 7.81. The molecule has 1 aliphatic heterocycles. The standard InChI is InChI=1S/C17H32N4O.HI/c1-17(2)10-12-21(13-17)16(18-3)19-11-9-15(22)20-14-7-5-4-6-8-14;/h14H,4-13H2,1-3H3,(H,18,19)(H,20,22);1H. The number of carbonyl (C=O) groups excluding carboxylic acids is 1. The molecule has 1 saturated carbocycles. The van der Waals surface area contributed by atoms with Crippen LogP contribution in [-0.2, 0) is 4.79 Å². The Morgan fingerprint density at radius 3 is 2.52 bits per heavy atom. The van der Waals surface area contributed by atoms with Crippen molar-refractivity contribution in [3.8, 4) is 0 Å². The number of hydrogen-bond donors (Lipinski definition) is 2. The van der Waals surface area contributed by atoms with Gasteiger partial charge in [-0.05, 0) is 24.7 Å². The molecule has 23 heavy (non-hydrogen) atoms. The molecule has 2 N–H and O–H groups in total. The second-order valence-corrected chi connectivity index (χ2v) is 7.46. The molecule has 2 fully saturated rings. The minimum atomic E-state index is 0. The Hall–Kier alpha value is -0.530. The van der Waals surface area contributed by atoms with Crippen LogP contribution in [0.25, 0.3) is 0 Å². The predicted octanol–water partition coefficient (Wildman–Crippen LogP) is 2.75. The van der Waals surface area contributed by atoms with E-state index in [2.05, 4.69) is 34.4 Å². The molecule has 0 aromatic carbocycles. The lowest BCUT2D eigenvalue weighted by Crippen LogP contribution is -2.43. The van der Waals surface area contributed by atoms with Crippen molar-refractivity contribution in [2.24, 2.45) is 10.4 Å². The molecule has 0 atom stereocenters. The zero-order valence-electron chi connectivity index (χ0n) is 14.9. The molecule has 2 aliphatic rings. The van der Waals surface area contributed by atoms with Gasteiger partial charge in [-0.3, -0.25) is 9.79 Å². The lowest BCUT2D eigenvalue weighted by Gasteiger charge is -2.24. The van der Waals surface area contributed by atoms with Crippen LogP contribution in [0.5, 0.6) is 0 Å². The SMILES string of the molecule is CN=C(NCCC(=O)NC1CCCCC1)N1CCC(C)(C)C1.I. The largest absolute Gasteiger partial charge is 0.356 e. The fourth-order valence-corrected chi connectivity index (χ4v) is 3.46. The fourth-order valence-electron chi connectivity index (χ4n) is 3.46. The first-order valence-electron chi connectivity index (χ1n) is 8.75. The average molecular weight is 436 g/mol. The van der Waals surface area contributed by atoms with E-state index < -0.39 is 0 Å². The summed E-state index contributed by atoms with van der Waals surface area (Å²) in [6.45, 7) is 7.31. The zero-order valence-corrected chi connectivity index (χ0v) is 17.2. The third-order valence-corrected chi connectivity index (χ3v) is 4.79. The first-order chi connectivity index (χ1) is 10.5. The Morgan fingerprint density at radius 1 is 1.26 bits per heavy atom. The topological polar surface area (TPSA) is 56.7 Å². The van der Waals surface area contributed by atoms with Crippen LogP contribution in [0.4, 0.5) is 0 Å². The third-order valence-electron chi connectivity index (χ3n) is 4.79. The van der Waals surface area contributed by atoms with E-state index in [0.717, 1.165) is 31.9 Å². The number of aliphatic imine (C=N–C) groups is 1. The molecule has 0 aromatic rings. The summed E-state index contributed by atoms with van der Waals surface area (Å²) in [5, 5.41) is 6.49. The van der Waals surface area contributed by atoms with Crippen molar-refractivity contribution in [3.05, 3.63) is 0 Å². The molecule has 6 heteroatoms. The van der Waals surface area contributed by atoms with Gasteiger partial charge in [0, 0.05) is 39.1 Å². The summed E-state index contributed by atoms with van der Waals surface area (Å²) in [5.74, 6) is 1.09. The second-order valence-electron chi connectivity index (χ2n) is 7.46. The van der Waals surface area contributed by atoms with Gasteiger partial charge in [-0.1, -0.05) is 33.1 Å². The molecule has 0 unspecified atom stereocenters. The Kier molecular flexibility index (Phi) is 8.64. The van der Waals surface area contributed by atoms with Crippen molar-refractivity contribution in [1.29, 1.82) is 0 Å². The molecule has 0 aromatic heterocycles. The molecule has 1 amide bonds. The van der Waals surface area contributed by atoms with Crippen LogP contribution in [0, 0.1) is 5.41 Å². The molecular formula is C17H33IN4O. The van der Waals surface area contributed by atoms with Gasteiger partial charge < -0.3 is 15.5 Å². The van der Waals surface area contributed by atoms with Crippen molar-refractivity contribution in [2.75, 3.05) is 26.7 Å². The maximum atomic E-state index is 12.0. The van der Waals surface area contributed by atoms with Crippen molar-refractivity contribution in [1.82, 2.24) is 15.5 Å². The van der Waals surface area contributed by atoms with Crippen LogP contribution in [0.1, 0.15) is 58.8 Å². The van der Waals surface area contributed by atoms with E-state index in [4.69, 9.17) is 0 Å². The molecule has 2 rings (SSSR count). The molecule has 1 heterocycles. The number of amides is 1. The van der Waals surface area contributed by atoms with E-state index in [9.17, 15) is 4.79 Å². The normalized spacial score (nSPS) is 21.7. The van der Waals surface area contributed by atoms with Crippen molar-refractivity contribution >= 4 is 35.8 Å². The smallest absolute Gasteiger partial charge is 0.221 e. The van der Waals surface area contributed by atoms with Crippen molar-refractivity contribution in [3.63, 3.8) is 0 Å². The quantitative estimate of drug-likeness (QED) is 0.405. The number of nitrogens with zero attached hydrogens (tertiary/aromatic N) is 2. The molecule has 1 saturated heterocycles. The summed E-state index contributed by atoms with van der Waals surface area (Å²) in [4.78, 5) is 18.6. The number of guanidine groups is 1. The molecule has 0 spiro atoms. The van der Waals surface area contributed by atoms with Gasteiger partial charge in [0.2, 0.25) is 5.91 Å². The first-order valence-corrected chi connectivity index (χ1v) is 8.75. The van der Waals surface area contributed by atoms with E-state index in [0.29, 0.717) is 24.4 Å². The van der Waals surface area contributed by atoms with Gasteiger partial charge in [-0.25, -0.2) is 0 Å². The minimum Gasteiger partial charge on any atom is -0.356 e. The van der Waals surface area contributed by atoms with Gasteiger partial charge >= 0.3 is 0 Å². The Labute approximate surface area is 158 Å². The van der Waals surface area contributed by atoms with E-state index in [-0.39, 0.29) is 29.9 Å². The molecule has 134 valence electrons. The highest BCUT2D eigenvalue weighted by molar-refractivity contribution is 14.0. The maximum absolute atomic E-state index is 12.0. The summed E-state index contributed by atoms with van der Waals surface area (Å²) >= 11 is 0. The lowest BCUT2D eigenvalue weighted by molar-refractivity contribution is -0.121. The number of nitrogens with one attached hydrogen (secondary N) is 2. The van der Waals surface area contributed by atoms with E-state index in [1.165, 1.54) is 25.7 Å². The summed E-state index contributed by atoms with van der Waals surface area (Å²) in [5.41, 5.74) is 0.357. The second kappa shape index (κ2) is 9.69. The highest BCUT2D eigenvalue weighted by atomic mass is 127. The van der Waals surface area contributed by atoms with Gasteiger partial charge in [0.05, 0.1) is 0 Å². The number of hydrogen-bond acceptors (Lipinski definition) is 2. The highest BCUT2D eigenvalue weighted by Gasteiger charge is 2.30. The first kappa shape index (κ1) is 20.5. The monoisotopic (exact) mass is 436 g/mol. The number of halogens is 1. The average Bonchev–Trinajstić information content (AvgIpc) is 2.84. The number of likely N-dealkylation sites (tertiary alicyclic amines) is 1. The van der Waals surface area contributed by atoms with E-state index >= 15 is 0 Å². The van der Waals surface area contributed by atoms with Crippen LogP contribution >= 0.6 is 24.0 Å². The van der Waals surface area contributed by atoms with Gasteiger partial charge in [0.15, 0.2) is 5.96 Å². The fraction of sp³-hybridized carbons (Fsp3) is 0.882. The Bertz CT molecular complexity index is 405. The van der Waals surface area contributed by atoms with Crippen LogP contribution in [0.3, 0.4) is 0 Å². The van der Waals surface area contributed by atoms with Crippen molar-refractivity contribution < 1.29 is 4.79 Å². The van der Waals surface area contributed by atoms with Crippen LogP contribution in [0.15, 0.2) is 4.99 Å². The van der Waals surface area contributed by atoms with Gasteiger partial charge in [-0.15, -0.1) is 24.0 Å². The predicted molar refractivity (Wildman–Crippen MR) is 106 cm³/mol. The third kappa shape index (κ3) is 6.85. The molecule has 1 aliphatic carbocycles. The summed E-state index contributed by atoms with van der Waals surface area (Å²) in [6, 6.07) is 0.403. The van der Waals surface area contributed by atoms with Gasteiger partial charge in [0.25, 0.3) is 0 Å². The van der Waals surface area contributed by atoms with Crippen LogP contribution in [0.2, 0.25) is 0 Å².